The van der Waals surface area contributed by atoms with Crippen molar-refractivity contribution in [1.29, 1.82) is 0 Å². The normalized spacial score (nSPS) is 14.0. The Kier molecular flexibility index (Phi) is 5.34. The molecule has 1 aliphatic rings. The van der Waals surface area contributed by atoms with Crippen LogP contribution in [0.25, 0.3) is 0 Å². The van der Waals surface area contributed by atoms with Gasteiger partial charge in [-0.1, -0.05) is 30.3 Å². The smallest absolute Gasteiger partial charge is 0.189 e. The van der Waals surface area contributed by atoms with Gasteiger partial charge in [-0.3, -0.25) is 0 Å². The Morgan fingerprint density at radius 2 is 1.71 bits per heavy atom. The summed E-state index contributed by atoms with van der Waals surface area (Å²) < 4.78 is 46.8. The first-order chi connectivity index (χ1) is 11.6. The third kappa shape index (κ3) is 4.25. The minimum atomic E-state index is -0.930. The highest BCUT2D eigenvalue weighted by Gasteiger charge is 2.12. The average molecular weight is 443 g/mol. The Bertz CT molecular complexity index is 831. The molecule has 0 atom stereocenters. The Morgan fingerprint density at radius 1 is 0.917 bits per heavy atom. The van der Waals surface area contributed by atoms with Gasteiger partial charge in [-0.05, 0) is 50.6 Å². The number of halogens is 4. The van der Waals surface area contributed by atoms with Crippen LogP contribution in [0.4, 0.5) is 18.9 Å². The second-order valence-corrected chi connectivity index (χ2v) is 7.61. The number of anilines is 1. The Balaban J connectivity index is 1.71. The van der Waals surface area contributed by atoms with Crippen molar-refractivity contribution in [3.8, 4) is 0 Å². The Morgan fingerprint density at radius 3 is 2.46 bits per heavy atom. The quantitative estimate of drug-likeness (QED) is 0.625. The van der Waals surface area contributed by atoms with Crippen molar-refractivity contribution >= 4 is 30.1 Å². The van der Waals surface area contributed by atoms with Gasteiger partial charge in [0.25, 0.3) is 0 Å². The maximum atomic E-state index is 13.9. The van der Waals surface area contributed by atoms with Crippen molar-refractivity contribution in [2.24, 2.45) is 0 Å². The average Bonchev–Trinajstić information content (AvgIpc) is 2.59. The maximum absolute atomic E-state index is 13.9. The molecule has 1 N–H and O–H groups in total. The van der Waals surface area contributed by atoms with E-state index in [1.54, 1.807) is 6.08 Å². The van der Waals surface area contributed by atoms with E-state index in [-0.39, 0.29) is 6.61 Å². The van der Waals surface area contributed by atoms with E-state index in [0.29, 0.717) is 9.45 Å². The number of ether oxygens (including phenoxy) is 1. The third-order valence-electron chi connectivity index (χ3n) is 3.14. The van der Waals surface area contributed by atoms with E-state index in [2.05, 4.69) is 5.32 Å². The topological polar surface area (TPSA) is 21.3 Å². The molecule has 0 bridgehead atoms. The van der Waals surface area contributed by atoms with Crippen LogP contribution in [0, 0.1) is 11.6 Å². The molecule has 0 radical (unpaired) electrons. The number of rotatable bonds is 5. The molecule has 2 nitrogen and oxygen atoms in total. The van der Waals surface area contributed by atoms with Crippen LogP contribution in [0.3, 0.4) is 0 Å². The monoisotopic (exact) mass is 443 g/mol. The van der Waals surface area contributed by atoms with Crippen LogP contribution in [0.2, 0.25) is 0 Å². The number of nitrogens with one attached hydrogen (secondary N) is 1. The summed E-state index contributed by atoms with van der Waals surface area (Å²) in [6, 6.07) is 13.0. The van der Waals surface area contributed by atoms with E-state index < -0.39 is 38.2 Å². The van der Waals surface area contributed by atoms with Crippen molar-refractivity contribution in [1.82, 2.24) is 0 Å². The van der Waals surface area contributed by atoms with Gasteiger partial charge < -0.3 is 10.1 Å². The number of allylic oxidation sites excluding steroid dienone is 2. The summed E-state index contributed by atoms with van der Waals surface area (Å²) >= 11 is -0.914. The van der Waals surface area contributed by atoms with Gasteiger partial charge in [0, 0.05) is 11.8 Å². The molecular formula is C18H13F3INO. The van der Waals surface area contributed by atoms with Gasteiger partial charge in [0.1, 0.15) is 6.61 Å². The highest BCUT2D eigenvalue weighted by atomic mass is 127. The molecule has 0 aromatic heterocycles. The first kappa shape index (κ1) is 16.8. The summed E-state index contributed by atoms with van der Waals surface area (Å²) in [4.78, 5) is 0. The second kappa shape index (κ2) is 7.65. The van der Waals surface area contributed by atoms with E-state index in [4.69, 9.17) is 4.74 Å². The van der Waals surface area contributed by atoms with Crippen LogP contribution >= 0.6 is 20.7 Å². The van der Waals surface area contributed by atoms with Gasteiger partial charge in [-0.15, -0.1) is 0 Å². The maximum Gasteiger partial charge on any atom is 0.189 e. The molecule has 0 saturated carbocycles. The SMILES string of the molecule is FC1=C(OCc2ccccc2)I=C(Nc2ccc(F)c(F)c2)C=C1. The number of hydrogen-bond acceptors (Lipinski definition) is 2. The lowest BCUT2D eigenvalue weighted by atomic mass is 10.2. The Labute approximate surface area is 147 Å². The summed E-state index contributed by atoms with van der Waals surface area (Å²) in [6.07, 6.45) is 2.91. The van der Waals surface area contributed by atoms with Gasteiger partial charge in [-0.25, -0.2) is 13.2 Å². The fourth-order valence-electron chi connectivity index (χ4n) is 1.98. The van der Waals surface area contributed by atoms with Crippen LogP contribution in [0.5, 0.6) is 0 Å². The Hall–Kier alpha value is -2.09. The van der Waals surface area contributed by atoms with Gasteiger partial charge in [0.2, 0.25) is 0 Å². The molecule has 3 rings (SSSR count). The highest BCUT2D eigenvalue weighted by molar-refractivity contribution is 14.2. The molecule has 0 saturated heterocycles. The van der Waals surface area contributed by atoms with Gasteiger partial charge in [-0.2, -0.15) is 0 Å². The zero-order valence-corrected chi connectivity index (χ0v) is 14.6. The molecule has 0 amide bonds. The van der Waals surface area contributed by atoms with Crippen molar-refractivity contribution in [3.05, 3.63) is 87.5 Å². The molecular weight excluding hydrogens is 430 g/mol. The molecule has 1 heterocycles. The van der Waals surface area contributed by atoms with Gasteiger partial charge in [0.05, 0.1) is 3.63 Å². The minimum absolute atomic E-state index is 0.287. The molecule has 0 unspecified atom stereocenters. The van der Waals surface area contributed by atoms with E-state index in [1.165, 1.54) is 12.1 Å². The van der Waals surface area contributed by atoms with E-state index in [0.717, 1.165) is 21.3 Å². The van der Waals surface area contributed by atoms with Gasteiger partial charge in [0.15, 0.2) is 21.2 Å². The van der Waals surface area contributed by atoms with Crippen LogP contribution < -0.4 is 5.32 Å². The summed E-state index contributed by atoms with van der Waals surface area (Å²) in [5, 5.41) is 2.99. The predicted molar refractivity (Wildman–Crippen MR) is 97.5 cm³/mol. The highest BCUT2D eigenvalue weighted by Crippen LogP contribution is 2.29. The molecule has 0 aliphatic carbocycles. The molecule has 0 fully saturated rings. The lowest BCUT2D eigenvalue weighted by molar-refractivity contribution is 0.223. The third-order valence-corrected chi connectivity index (χ3v) is 5.67. The molecule has 1 aliphatic heterocycles. The van der Waals surface area contributed by atoms with Crippen LogP contribution in [-0.4, -0.2) is 3.63 Å². The first-order valence-electron chi connectivity index (χ1n) is 7.10. The fraction of sp³-hybridized carbons (Fsp3) is 0.0556. The van der Waals surface area contributed by atoms with Crippen LogP contribution in [-0.2, 0) is 11.3 Å². The first-order valence-corrected chi connectivity index (χ1v) is 9.26. The zero-order valence-electron chi connectivity index (χ0n) is 12.4. The summed E-state index contributed by atoms with van der Waals surface area (Å²) in [5.74, 6) is -2.23. The number of benzene rings is 2. The van der Waals surface area contributed by atoms with Crippen molar-refractivity contribution in [3.63, 3.8) is 0 Å². The summed E-state index contributed by atoms with van der Waals surface area (Å²) in [6.45, 7) is 0.287. The van der Waals surface area contributed by atoms with Gasteiger partial charge >= 0.3 is 0 Å². The standard InChI is InChI=1S/C18H13F3INO/c19-14-7-6-13(10-16(14)21)23-17-9-8-15(20)18(22-17)24-11-12-4-2-1-3-5-12/h1-10,23H,11H2. The molecule has 124 valence electrons. The predicted octanol–water partition coefficient (Wildman–Crippen LogP) is 5.40. The van der Waals surface area contributed by atoms with E-state index in [9.17, 15) is 13.2 Å². The molecule has 2 aromatic rings. The molecule has 24 heavy (non-hydrogen) atoms. The van der Waals surface area contributed by atoms with Crippen molar-refractivity contribution in [2.45, 2.75) is 6.61 Å². The summed E-state index contributed by atoms with van der Waals surface area (Å²) in [7, 11) is 0. The summed E-state index contributed by atoms with van der Waals surface area (Å²) in [5.41, 5.74) is 1.37. The van der Waals surface area contributed by atoms with E-state index >= 15 is 0 Å². The van der Waals surface area contributed by atoms with Crippen molar-refractivity contribution in [2.75, 3.05) is 5.32 Å². The fourth-order valence-corrected chi connectivity index (χ4v) is 4.06. The van der Waals surface area contributed by atoms with Crippen LogP contribution in [0.15, 0.2) is 70.3 Å². The second-order valence-electron chi connectivity index (χ2n) is 4.93. The van der Waals surface area contributed by atoms with Crippen molar-refractivity contribution < 1.29 is 17.9 Å². The molecule has 6 heteroatoms. The largest absolute Gasteiger partial charge is 0.480 e. The lowest BCUT2D eigenvalue weighted by Gasteiger charge is -2.13. The number of hydrogen-bond donors (Lipinski definition) is 1. The van der Waals surface area contributed by atoms with E-state index in [1.807, 2.05) is 30.3 Å². The molecule has 2 aromatic carbocycles. The lowest BCUT2D eigenvalue weighted by Crippen LogP contribution is -2.09. The molecule has 0 spiro atoms. The van der Waals surface area contributed by atoms with Crippen LogP contribution in [0.1, 0.15) is 5.56 Å². The zero-order chi connectivity index (χ0) is 16.9. The minimum Gasteiger partial charge on any atom is -0.480 e.